The van der Waals surface area contributed by atoms with Crippen molar-refractivity contribution in [1.29, 1.82) is 0 Å². The molecule has 0 spiro atoms. The fraction of sp³-hybridized carbons (Fsp3) is 0.600. The van der Waals surface area contributed by atoms with Crippen molar-refractivity contribution in [2.75, 3.05) is 20.1 Å². The second-order valence-electron chi connectivity index (χ2n) is 5.24. The molecule has 0 bridgehead atoms. The van der Waals surface area contributed by atoms with Crippen molar-refractivity contribution in [2.45, 2.75) is 39.2 Å². The fourth-order valence-corrected chi connectivity index (χ4v) is 2.42. The molecule has 0 radical (unpaired) electrons. The number of hydrogen-bond acceptors (Lipinski definition) is 2. The van der Waals surface area contributed by atoms with E-state index in [0.717, 1.165) is 25.9 Å². The summed E-state index contributed by atoms with van der Waals surface area (Å²) in [6.07, 6.45) is 3.41. The van der Waals surface area contributed by atoms with Crippen LogP contribution >= 0.6 is 15.9 Å². The number of benzene rings is 1. The van der Waals surface area contributed by atoms with Gasteiger partial charge in [-0.1, -0.05) is 22.0 Å². The van der Waals surface area contributed by atoms with E-state index < -0.39 is 0 Å². The van der Waals surface area contributed by atoms with E-state index in [0.29, 0.717) is 6.04 Å². The zero-order chi connectivity index (χ0) is 13.5. The van der Waals surface area contributed by atoms with Gasteiger partial charge in [-0.25, -0.2) is 0 Å². The number of nitrogens with zero attached hydrogens (tertiary/aromatic N) is 1. The summed E-state index contributed by atoms with van der Waals surface area (Å²) in [5.74, 6) is 0. The molecule has 0 saturated heterocycles. The van der Waals surface area contributed by atoms with Crippen LogP contribution in [0, 0.1) is 6.92 Å². The smallest absolute Gasteiger partial charge is 0.0178 e. The lowest BCUT2D eigenvalue weighted by atomic mass is 10.1. The van der Waals surface area contributed by atoms with Gasteiger partial charge in [0.1, 0.15) is 0 Å². The molecule has 18 heavy (non-hydrogen) atoms. The molecule has 0 aromatic heterocycles. The predicted octanol–water partition coefficient (Wildman–Crippen LogP) is 3.36. The molecule has 0 saturated carbocycles. The highest BCUT2D eigenvalue weighted by Crippen LogP contribution is 2.16. The molecule has 1 rings (SSSR count). The van der Waals surface area contributed by atoms with Crippen molar-refractivity contribution in [1.82, 2.24) is 4.90 Å². The van der Waals surface area contributed by atoms with Crippen molar-refractivity contribution in [3.8, 4) is 0 Å². The van der Waals surface area contributed by atoms with Crippen molar-refractivity contribution in [3.05, 3.63) is 33.8 Å². The fourth-order valence-electron chi connectivity index (χ4n) is 2.02. The van der Waals surface area contributed by atoms with Crippen LogP contribution in [0.5, 0.6) is 0 Å². The van der Waals surface area contributed by atoms with E-state index in [4.69, 9.17) is 5.73 Å². The Morgan fingerprint density at radius 3 is 2.72 bits per heavy atom. The van der Waals surface area contributed by atoms with Crippen LogP contribution in [0.3, 0.4) is 0 Å². The molecule has 1 atom stereocenters. The van der Waals surface area contributed by atoms with Gasteiger partial charge in [0.2, 0.25) is 0 Å². The molecule has 0 aliphatic carbocycles. The lowest BCUT2D eigenvalue weighted by Gasteiger charge is -2.18. The Bertz CT molecular complexity index is 364. The van der Waals surface area contributed by atoms with Crippen molar-refractivity contribution < 1.29 is 0 Å². The molecule has 1 aromatic rings. The highest BCUT2D eigenvalue weighted by atomic mass is 79.9. The maximum absolute atomic E-state index is 5.76. The Kier molecular flexibility index (Phi) is 6.90. The molecule has 102 valence electrons. The molecule has 3 heteroatoms. The van der Waals surface area contributed by atoms with Crippen molar-refractivity contribution >= 4 is 15.9 Å². The molecule has 0 heterocycles. The van der Waals surface area contributed by atoms with Gasteiger partial charge in [-0.05, 0) is 70.0 Å². The molecule has 1 unspecified atom stereocenters. The van der Waals surface area contributed by atoms with Crippen LogP contribution in [0.25, 0.3) is 0 Å². The zero-order valence-corrected chi connectivity index (χ0v) is 13.3. The normalized spacial score (nSPS) is 13.0. The first-order valence-corrected chi connectivity index (χ1v) is 7.47. The third-order valence-corrected chi connectivity index (χ3v) is 3.77. The standard InChI is InChI=1S/C15H25BrN2/c1-12-6-7-15(16)11-14(12)8-10-18(3)9-4-5-13(2)17/h6-7,11,13H,4-5,8-10,17H2,1-3H3. The van der Waals surface area contributed by atoms with Crippen LogP contribution in [-0.4, -0.2) is 31.1 Å². The molecule has 0 amide bonds. The molecular weight excluding hydrogens is 288 g/mol. The quantitative estimate of drug-likeness (QED) is 0.836. The van der Waals surface area contributed by atoms with Gasteiger partial charge in [-0.15, -0.1) is 0 Å². The molecule has 0 aliphatic heterocycles. The average molecular weight is 313 g/mol. The van der Waals surface area contributed by atoms with E-state index >= 15 is 0 Å². The molecular formula is C15H25BrN2. The maximum atomic E-state index is 5.76. The first-order chi connectivity index (χ1) is 8.49. The van der Waals surface area contributed by atoms with E-state index in [9.17, 15) is 0 Å². The second-order valence-corrected chi connectivity index (χ2v) is 6.16. The Balaban J connectivity index is 2.33. The molecule has 2 nitrogen and oxygen atoms in total. The highest BCUT2D eigenvalue weighted by molar-refractivity contribution is 9.10. The number of likely N-dealkylation sites (N-methyl/N-ethyl adjacent to an activating group) is 1. The number of rotatable bonds is 7. The largest absolute Gasteiger partial charge is 0.328 e. The molecule has 0 aliphatic rings. The van der Waals surface area contributed by atoms with E-state index in [1.165, 1.54) is 22.0 Å². The Hall–Kier alpha value is -0.380. The highest BCUT2D eigenvalue weighted by Gasteiger charge is 2.03. The average Bonchev–Trinajstić information content (AvgIpc) is 2.30. The predicted molar refractivity (Wildman–Crippen MR) is 83.0 cm³/mol. The first kappa shape index (κ1) is 15.7. The number of aryl methyl sites for hydroxylation is 1. The van der Waals surface area contributed by atoms with Gasteiger partial charge in [-0.2, -0.15) is 0 Å². The third-order valence-electron chi connectivity index (χ3n) is 3.27. The maximum Gasteiger partial charge on any atom is 0.0178 e. The van der Waals surface area contributed by atoms with E-state index in [1.807, 2.05) is 0 Å². The summed E-state index contributed by atoms with van der Waals surface area (Å²) in [6.45, 7) is 6.49. The van der Waals surface area contributed by atoms with Crippen LogP contribution in [0.2, 0.25) is 0 Å². The van der Waals surface area contributed by atoms with Gasteiger partial charge in [-0.3, -0.25) is 0 Å². The van der Waals surface area contributed by atoms with Crippen LogP contribution in [-0.2, 0) is 6.42 Å². The minimum atomic E-state index is 0.325. The third kappa shape index (κ3) is 5.98. The number of hydrogen-bond donors (Lipinski definition) is 1. The van der Waals surface area contributed by atoms with Crippen LogP contribution in [0.4, 0.5) is 0 Å². The Morgan fingerprint density at radius 1 is 1.33 bits per heavy atom. The van der Waals surface area contributed by atoms with Gasteiger partial charge < -0.3 is 10.6 Å². The molecule has 2 N–H and O–H groups in total. The second kappa shape index (κ2) is 7.93. The zero-order valence-electron chi connectivity index (χ0n) is 11.7. The van der Waals surface area contributed by atoms with Gasteiger partial charge in [0.15, 0.2) is 0 Å². The van der Waals surface area contributed by atoms with Crippen LogP contribution in [0.1, 0.15) is 30.9 Å². The summed E-state index contributed by atoms with van der Waals surface area (Å²) in [5, 5.41) is 0. The molecule has 0 fully saturated rings. The SMILES string of the molecule is Cc1ccc(Br)cc1CCN(C)CCCC(C)N. The number of halogens is 1. The monoisotopic (exact) mass is 312 g/mol. The minimum absolute atomic E-state index is 0.325. The Labute approximate surface area is 120 Å². The summed E-state index contributed by atoms with van der Waals surface area (Å²) in [7, 11) is 2.19. The van der Waals surface area contributed by atoms with E-state index in [2.05, 4.69) is 59.9 Å². The number of nitrogens with two attached hydrogens (primary N) is 1. The minimum Gasteiger partial charge on any atom is -0.328 e. The van der Waals surface area contributed by atoms with Gasteiger partial charge in [0, 0.05) is 17.1 Å². The van der Waals surface area contributed by atoms with Gasteiger partial charge >= 0.3 is 0 Å². The van der Waals surface area contributed by atoms with E-state index in [1.54, 1.807) is 0 Å². The van der Waals surface area contributed by atoms with Crippen molar-refractivity contribution in [2.24, 2.45) is 5.73 Å². The summed E-state index contributed by atoms with van der Waals surface area (Å²) < 4.78 is 1.17. The molecule has 1 aromatic carbocycles. The van der Waals surface area contributed by atoms with Crippen LogP contribution in [0.15, 0.2) is 22.7 Å². The summed E-state index contributed by atoms with van der Waals surface area (Å²) in [6, 6.07) is 6.83. The van der Waals surface area contributed by atoms with E-state index in [-0.39, 0.29) is 0 Å². The lowest BCUT2D eigenvalue weighted by molar-refractivity contribution is 0.326. The summed E-state index contributed by atoms with van der Waals surface area (Å²) >= 11 is 3.53. The van der Waals surface area contributed by atoms with Crippen molar-refractivity contribution in [3.63, 3.8) is 0 Å². The summed E-state index contributed by atoms with van der Waals surface area (Å²) in [5.41, 5.74) is 8.57. The van der Waals surface area contributed by atoms with Gasteiger partial charge in [0.25, 0.3) is 0 Å². The topological polar surface area (TPSA) is 29.3 Å². The lowest BCUT2D eigenvalue weighted by Crippen LogP contribution is -2.24. The van der Waals surface area contributed by atoms with Crippen LogP contribution < -0.4 is 5.73 Å². The first-order valence-electron chi connectivity index (χ1n) is 6.68. The van der Waals surface area contributed by atoms with Gasteiger partial charge in [0.05, 0.1) is 0 Å². The summed E-state index contributed by atoms with van der Waals surface area (Å²) in [4.78, 5) is 2.39. The Morgan fingerprint density at radius 2 is 2.06 bits per heavy atom.